The van der Waals surface area contributed by atoms with Crippen LogP contribution in [-0.2, 0) is 11.3 Å². The molecular formula is C15H15BrN2O2. The molecule has 104 valence electrons. The second-order valence-electron chi connectivity index (χ2n) is 4.40. The van der Waals surface area contributed by atoms with Crippen molar-refractivity contribution in [1.29, 1.82) is 0 Å². The summed E-state index contributed by atoms with van der Waals surface area (Å²) in [5.74, 6) is -0.375. The number of rotatable bonds is 4. The number of anilines is 1. The maximum atomic E-state index is 11.3. The van der Waals surface area contributed by atoms with E-state index in [9.17, 15) is 4.79 Å². The normalized spacial score (nSPS) is 10.2. The van der Waals surface area contributed by atoms with Crippen LogP contribution in [0.2, 0.25) is 0 Å². The van der Waals surface area contributed by atoms with Gasteiger partial charge in [0, 0.05) is 16.4 Å². The Morgan fingerprint density at radius 3 is 2.75 bits per heavy atom. The van der Waals surface area contributed by atoms with Gasteiger partial charge < -0.3 is 10.1 Å². The Balaban J connectivity index is 2.02. The lowest BCUT2D eigenvalue weighted by Gasteiger charge is -2.08. The molecule has 0 aliphatic heterocycles. The average molecular weight is 335 g/mol. The average Bonchev–Trinajstić information content (AvgIpc) is 2.44. The highest BCUT2D eigenvalue weighted by atomic mass is 79.9. The summed E-state index contributed by atoms with van der Waals surface area (Å²) >= 11 is 3.47. The van der Waals surface area contributed by atoms with Gasteiger partial charge in [0.15, 0.2) is 0 Å². The molecule has 1 heterocycles. The number of halogens is 1. The fraction of sp³-hybridized carbons (Fsp3) is 0.200. The number of aryl methyl sites for hydroxylation is 1. The third-order valence-electron chi connectivity index (χ3n) is 2.76. The molecule has 0 aliphatic rings. The molecule has 1 N–H and O–H groups in total. The SMILES string of the molecule is COC(=O)c1ccc(CNc2cc(C)cc(Br)c2)nc1. The molecule has 2 rings (SSSR count). The van der Waals surface area contributed by atoms with Crippen LogP contribution in [0.15, 0.2) is 41.0 Å². The summed E-state index contributed by atoms with van der Waals surface area (Å²) in [7, 11) is 1.35. The number of nitrogens with one attached hydrogen (secondary N) is 1. The highest BCUT2D eigenvalue weighted by Gasteiger charge is 2.05. The van der Waals surface area contributed by atoms with Gasteiger partial charge in [-0.15, -0.1) is 0 Å². The van der Waals surface area contributed by atoms with E-state index in [1.54, 1.807) is 6.07 Å². The molecule has 0 fully saturated rings. The van der Waals surface area contributed by atoms with E-state index in [2.05, 4.69) is 43.1 Å². The summed E-state index contributed by atoms with van der Waals surface area (Å²) in [5.41, 5.74) is 3.51. The van der Waals surface area contributed by atoms with Crippen molar-refractivity contribution >= 4 is 27.6 Å². The molecule has 0 aliphatic carbocycles. The minimum atomic E-state index is -0.375. The monoisotopic (exact) mass is 334 g/mol. The summed E-state index contributed by atoms with van der Waals surface area (Å²) < 4.78 is 5.67. The molecule has 0 saturated heterocycles. The van der Waals surface area contributed by atoms with Crippen molar-refractivity contribution in [2.45, 2.75) is 13.5 Å². The van der Waals surface area contributed by atoms with Gasteiger partial charge in [0.25, 0.3) is 0 Å². The molecule has 2 aromatic rings. The first-order chi connectivity index (χ1) is 9.58. The summed E-state index contributed by atoms with van der Waals surface area (Å²) in [6.45, 7) is 2.64. The molecule has 0 unspecified atom stereocenters. The fourth-order valence-electron chi connectivity index (χ4n) is 1.80. The van der Waals surface area contributed by atoms with Crippen molar-refractivity contribution in [3.8, 4) is 0 Å². The number of methoxy groups -OCH3 is 1. The second kappa shape index (κ2) is 6.52. The van der Waals surface area contributed by atoms with E-state index in [4.69, 9.17) is 0 Å². The Morgan fingerprint density at radius 2 is 2.15 bits per heavy atom. The van der Waals surface area contributed by atoms with Crippen LogP contribution in [0.5, 0.6) is 0 Å². The quantitative estimate of drug-likeness (QED) is 0.868. The first-order valence-corrected chi connectivity index (χ1v) is 6.92. The summed E-state index contributed by atoms with van der Waals surface area (Å²) in [6, 6.07) is 9.64. The lowest BCUT2D eigenvalue weighted by molar-refractivity contribution is 0.0600. The second-order valence-corrected chi connectivity index (χ2v) is 5.32. The van der Waals surface area contributed by atoms with Crippen molar-refractivity contribution < 1.29 is 9.53 Å². The maximum Gasteiger partial charge on any atom is 0.339 e. The van der Waals surface area contributed by atoms with Crippen molar-refractivity contribution in [3.63, 3.8) is 0 Å². The van der Waals surface area contributed by atoms with Crippen molar-refractivity contribution in [2.24, 2.45) is 0 Å². The topological polar surface area (TPSA) is 51.2 Å². The van der Waals surface area contributed by atoms with Crippen LogP contribution in [-0.4, -0.2) is 18.1 Å². The van der Waals surface area contributed by atoms with E-state index in [0.717, 1.165) is 15.9 Å². The fourth-order valence-corrected chi connectivity index (χ4v) is 2.41. The zero-order valence-corrected chi connectivity index (χ0v) is 12.9. The van der Waals surface area contributed by atoms with Crippen LogP contribution in [0, 0.1) is 6.92 Å². The Bertz CT molecular complexity index is 592. The van der Waals surface area contributed by atoms with Gasteiger partial charge in [0.2, 0.25) is 0 Å². The first-order valence-electron chi connectivity index (χ1n) is 6.13. The molecule has 1 aromatic heterocycles. The van der Waals surface area contributed by atoms with Crippen molar-refractivity contribution in [1.82, 2.24) is 4.98 Å². The van der Waals surface area contributed by atoms with Crippen LogP contribution in [0.25, 0.3) is 0 Å². The van der Waals surface area contributed by atoms with Crippen LogP contribution in [0.4, 0.5) is 5.69 Å². The van der Waals surface area contributed by atoms with Gasteiger partial charge >= 0.3 is 5.97 Å². The smallest absolute Gasteiger partial charge is 0.339 e. The third-order valence-corrected chi connectivity index (χ3v) is 3.22. The van der Waals surface area contributed by atoms with E-state index in [-0.39, 0.29) is 5.97 Å². The van der Waals surface area contributed by atoms with Gasteiger partial charge in [0.05, 0.1) is 24.9 Å². The largest absolute Gasteiger partial charge is 0.465 e. The van der Waals surface area contributed by atoms with Gasteiger partial charge in [-0.25, -0.2) is 4.79 Å². The van der Waals surface area contributed by atoms with Gasteiger partial charge in [0.1, 0.15) is 0 Å². The summed E-state index contributed by atoms with van der Waals surface area (Å²) in [6.07, 6.45) is 1.52. The minimum absolute atomic E-state index is 0.375. The number of pyridine rings is 1. The number of esters is 1. The molecule has 0 spiro atoms. The van der Waals surface area contributed by atoms with Crippen LogP contribution in [0.3, 0.4) is 0 Å². The maximum absolute atomic E-state index is 11.3. The minimum Gasteiger partial charge on any atom is -0.465 e. The van der Waals surface area contributed by atoms with Gasteiger partial charge in [-0.2, -0.15) is 0 Å². The Hall–Kier alpha value is -1.88. The number of carbonyl (C=O) groups excluding carboxylic acids is 1. The third kappa shape index (κ3) is 3.81. The number of carbonyl (C=O) groups is 1. The molecule has 20 heavy (non-hydrogen) atoms. The lowest BCUT2D eigenvalue weighted by atomic mass is 10.2. The molecule has 0 bridgehead atoms. The number of nitrogens with zero attached hydrogens (tertiary/aromatic N) is 1. The number of benzene rings is 1. The highest BCUT2D eigenvalue weighted by molar-refractivity contribution is 9.10. The van der Waals surface area contributed by atoms with Crippen LogP contribution in [0.1, 0.15) is 21.6 Å². The first kappa shape index (κ1) is 14.5. The zero-order valence-electron chi connectivity index (χ0n) is 11.3. The molecule has 5 heteroatoms. The van der Waals surface area contributed by atoms with E-state index in [0.29, 0.717) is 12.1 Å². The number of aromatic nitrogens is 1. The molecule has 4 nitrogen and oxygen atoms in total. The Kier molecular flexibility index (Phi) is 4.74. The predicted molar refractivity (Wildman–Crippen MR) is 81.8 cm³/mol. The van der Waals surface area contributed by atoms with Crippen molar-refractivity contribution in [3.05, 3.63) is 57.8 Å². The molecule has 0 atom stereocenters. The van der Waals surface area contributed by atoms with Crippen molar-refractivity contribution in [2.75, 3.05) is 12.4 Å². The Morgan fingerprint density at radius 1 is 1.35 bits per heavy atom. The Labute approximate surface area is 126 Å². The number of hydrogen-bond acceptors (Lipinski definition) is 4. The van der Waals surface area contributed by atoms with Crippen LogP contribution >= 0.6 is 15.9 Å². The molecule has 0 radical (unpaired) electrons. The predicted octanol–water partition coefficient (Wildman–Crippen LogP) is 3.55. The number of hydrogen-bond donors (Lipinski definition) is 1. The van der Waals surface area contributed by atoms with E-state index < -0.39 is 0 Å². The van der Waals surface area contributed by atoms with E-state index in [1.165, 1.54) is 18.9 Å². The van der Waals surface area contributed by atoms with Gasteiger partial charge in [-0.1, -0.05) is 15.9 Å². The van der Waals surface area contributed by atoms with Crippen LogP contribution < -0.4 is 5.32 Å². The highest BCUT2D eigenvalue weighted by Crippen LogP contribution is 2.19. The molecule has 1 aromatic carbocycles. The van der Waals surface area contributed by atoms with Gasteiger partial charge in [-0.3, -0.25) is 4.98 Å². The summed E-state index contributed by atoms with van der Waals surface area (Å²) in [4.78, 5) is 15.5. The summed E-state index contributed by atoms with van der Waals surface area (Å²) in [5, 5.41) is 3.30. The number of ether oxygens (including phenoxy) is 1. The standard InChI is InChI=1S/C15H15BrN2O2/c1-10-5-12(16)7-14(6-10)18-9-13-4-3-11(8-17-13)15(19)20-2/h3-8,18H,9H2,1-2H3. The zero-order chi connectivity index (χ0) is 14.5. The molecular weight excluding hydrogens is 320 g/mol. The van der Waals surface area contributed by atoms with E-state index in [1.807, 2.05) is 19.1 Å². The lowest BCUT2D eigenvalue weighted by Crippen LogP contribution is -2.05. The van der Waals surface area contributed by atoms with E-state index >= 15 is 0 Å². The molecule has 0 saturated carbocycles. The van der Waals surface area contributed by atoms with Gasteiger partial charge in [-0.05, 0) is 42.8 Å². The molecule has 0 amide bonds.